The lowest BCUT2D eigenvalue weighted by molar-refractivity contribution is 0.455. The second kappa shape index (κ2) is 7.59. The smallest absolute Gasteiger partial charge is 0.127 e. The van der Waals surface area contributed by atoms with E-state index < -0.39 is 0 Å². The van der Waals surface area contributed by atoms with Gasteiger partial charge in [-0.3, -0.25) is 0 Å². The van der Waals surface area contributed by atoms with Crippen molar-refractivity contribution in [3.8, 4) is 22.6 Å². The fraction of sp³-hybridized carbons (Fsp3) is 0.333. The van der Waals surface area contributed by atoms with Crippen molar-refractivity contribution >= 4 is 0 Å². The fourth-order valence-electron chi connectivity index (χ4n) is 5.21. The number of aromatic hydroxyl groups is 2. The zero-order chi connectivity index (χ0) is 19.8. The van der Waals surface area contributed by atoms with E-state index in [2.05, 4.69) is 36.4 Å². The zero-order valence-electron chi connectivity index (χ0n) is 16.9. The maximum atomic E-state index is 11.4. The predicted molar refractivity (Wildman–Crippen MR) is 118 cm³/mol. The third-order valence-corrected chi connectivity index (χ3v) is 6.71. The molecule has 0 saturated carbocycles. The predicted octanol–water partition coefficient (Wildman–Crippen LogP) is 6.11. The average Bonchev–Trinajstić information content (AvgIpc) is 2.76. The van der Waals surface area contributed by atoms with Gasteiger partial charge in [0.25, 0.3) is 0 Å². The van der Waals surface area contributed by atoms with Crippen LogP contribution in [0.2, 0.25) is 0 Å². The highest BCUT2D eigenvalue weighted by Crippen LogP contribution is 2.46. The highest BCUT2D eigenvalue weighted by atomic mass is 16.3. The molecule has 0 unspecified atom stereocenters. The van der Waals surface area contributed by atoms with Gasteiger partial charge in [-0.15, -0.1) is 0 Å². The molecule has 3 aromatic carbocycles. The zero-order valence-corrected chi connectivity index (χ0v) is 16.9. The molecule has 2 heteroatoms. The van der Waals surface area contributed by atoms with Gasteiger partial charge in [0, 0.05) is 11.1 Å². The van der Waals surface area contributed by atoms with E-state index >= 15 is 0 Å². The molecule has 3 aromatic rings. The van der Waals surface area contributed by atoms with Crippen LogP contribution in [0.15, 0.2) is 48.5 Å². The van der Waals surface area contributed by atoms with Gasteiger partial charge in [-0.25, -0.2) is 0 Å². The third-order valence-electron chi connectivity index (χ3n) is 6.71. The number of phenols is 2. The number of rotatable bonds is 3. The standard InChI is InChI=1S/C27H28O2/c28-26-22-12-6-4-10-19(22)14-15-24(26)25-21(16-18-8-2-1-3-9-18)17-20-11-5-7-13-23(20)27(25)29/h1-3,8-9,14-15,17,28-29H,4-7,10-13,16H2. The van der Waals surface area contributed by atoms with Crippen LogP contribution in [0.4, 0.5) is 0 Å². The van der Waals surface area contributed by atoms with Gasteiger partial charge in [0.2, 0.25) is 0 Å². The Morgan fingerprint density at radius 2 is 1.31 bits per heavy atom. The Kier molecular flexibility index (Phi) is 4.79. The molecule has 5 rings (SSSR count). The first-order valence-corrected chi connectivity index (χ1v) is 11.0. The molecule has 0 aromatic heterocycles. The largest absolute Gasteiger partial charge is 0.507 e. The van der Waals surface area contributed by atoms with E-state index in [1.165, 1.54) is 29.5 Å². The molecule has 0 radical (unpaired) electrons. The van der Waals surface area contributed by atoms with Crippen LogP contribution in [-0.4, -0.2) is 10.2 Å². The van der Waals surface area contributed by atoms with Gasteiger partial charge >= 0.3 is 0 Å². The Morgan fingerprint density at radius 3 is 2.07 bits per heavy atom. The summed E-state index contributed by atoms with van der Waals surface area (Å²) in [4.78, 5) is 0. The van der Waals surface area contributed by atoms with Crippen molar-refractivity contribution in [2.45, 2.75) is 57.8 Å². The maximum absolute atomic E-state index is 11.4. The van der Waals surface area contributed by atoms with Crippen LogP contribution in [0.25, 0.3) is 11.1 Å². The molecule has 0 fully saturated rings. The Morgan fingerprint density at radius 1 is 0.655 bits per heavy atom. The van der Waals surface area contributed by atoms with E-state index in [4.69, 9.17) is 0 Å². The first-order valence-electron chi connectivity index (χ1n) is 11.0. The average molecular weight is 385 g/mol. The van der Waals surface area contributed by atoms with Gasteiger partial charge in [-0.05, 0) is 91.2 Å². The van der Waals surface area contributed by atoms with Crippen molar-refractivity contribution < 1.29 is 10.2 Å². The first-order chi connectivity index (χ1) is 14.2. The SMILES string of the molecule is Oc1c(-c2c(Cc3ccccc3)cc3c(c2O)CCCC3)ccc2c1CCCC2. The minimum atomic E-state index is 0.377. The molecule has 148 valence electrons. The molecule has 0 aliphatic heterocycles. The van der Waals surface area contributed by atoms with Crippen molar-refractivity contribution in [2.24, 2.45) is 0 Å². The van der Waals surface area contributed by atoms with E-state index in [0.29, 0.717) is 11.5 Å². The summed E-state index contributed by atoms with van der Waals surface area (Å²) in [6, 6.07) is 16.9. The van der Waals surface area contributed by atoms with Crippen LogP contribution in [0, 0.1) is 0 Å². The number of hydrogen-bond donors (Lipinski definition) is 2. The fourth-order valence-corrected chi connectivity index (χ4v) is 5.21. The van der Waals surface area contributed by atoms with E-state index in [0.717, 1.165) is 72.8 Å². The van der Waals surface area contributed by atoms with Crippen LogP contribution in [0.1, 0.15) is 59.1 Å². The summed E-state index contributed by atoms with van der Waals surface area (Å²) in [7, 11) is 0. The van der Waals surface area contributed by atoms with Gasteiger partial charge in [0.05, 0.1) is 0 Å². The summed E-state index contributed by atoms with van der Waals surface area (Å²) in [6.45, 7) is 0. The Balaban J connectivity index is 1.71. The van der Waals surface area contributed by atoms with Gasteiger partial charge in [0.1, 0.15) is 11.5 Å². The number of aryl methyl sites for hydroxylation is 2. The minimum absolute atomic E-state index is 0.377. The highest BCUT2D eigenvalue weighted by Gasteiger charge is 2.25. The number of benzene rings is 3. The first kappa shape index (κ1) is 18.3. The van der Waals surface area contributed by atoms with Crippen LogP contribution in [0.5, 0.6) is 11.5 Å². The molecule has 0 amide bonds. The minimum Gasteiger partial charge on any atom is -0.507 e. The van der Waals surface area contributed by atoms with Crippen molar-refractivity contribution in [2.75, 3.05) is 0 Å². The molecular weight excluding hydrogens is 356 g/mol. The molecule has 29 heavy (non-hydrogen) atoms. The summed E-state index contributed by atoms with van der Waals surface area (Å²) in [5.74, 6) is 0.766. The molecule has 0 bridgehead atoms. The van der Waals surface area contributed by atoms with E-state index in [1.807, 2.05) is 12.1 Å². The molecule has 0 atom stereocenters. The van der Waals surface area contributed by atoms with Gasteiger partial charge in [-0.2, -0.15) is 0 Å². The second-order valence-corrected chi connectivity index (χ2v) is 8.57. The Bertz CT molecular complexity index is 1050. The molecular formula is C27H28O2. The van der Waals surface area contributed by atoms with Crippen molar-refractivity contribution in [3.05, 3.63) is 81.9 Å². The van der Waals surface area contributed by atoms with E-state index in [-0.39, 0.29) is 0 Å². The number of phenolic OH excluding ortho intramolecular Hbond substituents is 2. The number of hydrogen-bond acceptors (Lipinski definition) is 2. The molecule has 0 heterocycles. The monoisotopic (exact) mass is 384 g/mol. The number of fused-ring (bicyclic) bond motifs is 2. The molecule has 0 spiro atoms. The summed E-state index contributed by atoms with van der Waals surface area (Å²) >= 11 is 0. The van der Waals surface area contributed by atoms with Gasteiger partial charge in [0.15, 0.2) is 0 Å². The summed E-state index contributed by atoms with van der Waals surface area (Å²) in [5, 5.41) is 22.6. The lowest BCUT2D eigenvalue weighted by Gasteiger charge is -2.25. The molecule has 2 aliphatic carbocycles. The van der Waals surface area contributed by atoms with Crippen LogP contribution >= 0.6 is 0 Å². The molecule has 2 N–H and O–H groups in total. The van der Waals surface area contributed by atoms with Crippen LogP contribution < -0.4 is 0 Å². The van der Waals surface area contributed by atoms with Gasteiger partial charge < -0.3 is 10.2 Å². The summed E-state index contributed by atoms with van der Waals surface area (Å²) in [6.07, 6.45) is 9.28. The van der Waals surface area contributed by atoms with Crippen molar-refractivity contribution in [1.29, 1.82) is 0 Å². The van der Waals surface area contributed by atoms with Crippen molar-refractivity contribution in [1.82, 2.24) is 0 Å². The lowest BCUT2D eigenvalue weighted by Crippen LogP contribution is -2.08. The molecule has 2 nitrogen and oxygen atoms in total. The summed E-state index contributed by atoms with van der Waals surface area (Å²) in [5.41, 5.74) is 8.67. The lowest BCUT2D eigenvalue weighted by atomic mass is 9.81. The van der Waals surface area contributed by atoms with Crippen LogP contribution in [-0.2, 0) is 32.1 Å². The van der Waals surface area contributed by atoms with Crippen LogP contribution in [0.3, 0.4) is 0 Å². The normalized spacial score (nSPS) is 15.6. The van der Waals surface area contributed by atoms with Gasteiger partial charge in [-0.1, -0.05) is 48.5 Å². The maximum Gasteiger partial charge on any atom is 0.127 e. The second-order valence-electron chi connectivity index (χ2n) is 8.57. The Hall–Kier alpha value is -2.74. The third kappa shape index (κ3) is 3.31. The topological polar surface area (TPSA) is 40.5 Å². The molecule has 0 saturated heterocycles. The Labute approximate surface area is 172 Å². The van der Waals surface area contributed by atoms with E-state index in [1.54, 1.807) is 0 Å². The summed E-state index contributed by atoms with van der Waals surface area (Å²) < 4.78 is 0. The van der Waals surface area contributed by atoms with E-state index in [9.17, 15) is 10.2 Å². The van der Waals surface area contributed by atoms with Crippen molar-refractivity contribution in [3.63, 3.8) is 0 Å². The highest BCUT2D eigenvalue weighted by molar-refractivity contribution is 5.82. The molecule has 2 aliphatic rings. The quantitative estimate of drug-likeness (QED) is 0.572.